The van der Waals surface area contributed by atoms with Crippen molar-refractivity contribution in [1.82, 2.24) is 14.5 Å². The van der Waals surface area contributed by atoms with Crippen LogP contribution in [-0.4, -0.2) is 62.9 Å². The standard InChI is InChI=1S/C23H30FN3O3S/c1-19(25-31(29,30)22-13-6-5-12-21(22)24)23(28)27-16-8-15-26(17-18-27)14-7-11-20-9-3-2-4-10-20/h2-6,9-10,12-13,19,25H,7-8,11,14-18H2,1H3/t19-/m0/s1. The molecule has 1 N–H and O–H groups in total. The Balaban J connectivity index is 1.50. The molecule has 0 aliphatic carbocycles. The Morgan fingerprint density at radius 1 is 1.03 bits per heavy atom. The third kappa shape index (κ3) is 6.59. The van der Waals surface area contributed by atoms with Crippen LogP contribution in [0.2, 0.25) is 0 Å². The molecule has 0 bridgehead atoms. The summed E-state index contributed by atoms with van der Waals surface area (Å²) in [5.74, 6) is -1.12. The SMILES string of the molecule is C[C@H](NS(=O)(=O)c1ccccc1F)C(=O)N1CCCN(CCCc2ccccc2)CC1. The lowest BCUT2D eigenvalue weighted by atomic mass is 10.1. The Bertz CT molecular complexity index is 969. The molecule has 3 rings (SSSR count). The van der Waals surface area contributed by atoms with Crippen LogP contribution >= 0.6 is 0 Å². The van der Waals surface area contributed by atoms with Crippen molar-refractivity contribution < 1.29 is 17.6 Å². The Labute approximate surface area is 184 Å². The van der Waals surface area contributed by atoms with E-state index in [1.54, 1.807) is 4.90 Å². The summed E-state index contributed by atoms with van der Waals surface area (Å²) in [5.41, 5.74) is 1.32. The van der Waals surface area contributed by atoms with Crippen LogP contribution < -0.4 is 4.72 Å². The fourth-order valence-corrected chi connectivity index (χ4v) is 5.13. The molecule has 0 radical (unpaired) electrons. The molecule has 2 aromatic rings. The van der Waals surface area contributed by atoms with Gasteiger partial charge in [-0.05, 0) is 57.0 Å². The fourth-order valence-electron chi connectivity index (χ4n) is 3.85. The van der Waals surface area contributed by atoms with Gasteiger partial charge in [-0.25, -0.2) is 12.8 Å². The summed E-state index contributed by atoms with van der Waals surface area (Å²) in [7, 11) is -4.12. The number of hydrogen-bond donors (Lipinski definition) is 1. The van der Waals surface area contributed by atoms with E-state index >= 15 is 0 Å². The van der Waals surface area contributed by atoms with Crippen molar-refractivity contribution in [3.8, 4) is 0 Å². The number of rotatable bonds is 8. The summed E-state index contributed by atoms with van der Waals surface area (Å²) in [6.45, 7) is 5.27. The molecule has 1 atom stereocenters. The second-order valence-corrected chi connectivity index (χ2v) is 9.57. The first-order chi connectivity index (χ1) is 14.9. The molecule has 0 unspecified atom stereocenters. The van der Waals surface area contributed by atoms with Crippen LogP contribution in [0.25, 0.3) is 0 Å². The van der Waals surface area contributed by atoms with Gasteiger partial charge in [-0.15, -0.1) is 0 Å². The van der Waals surface area contributed by atoms with Crippen molar-refractivity contribution >= 4 is 15.9 Å². The number of sulfonamides is 1. The summed E-state index contributed by atoms with van der Waals surface area (Å²) in [4.78, 5) is 16.4. The molecule has 0 saturated carbocycles. The molecule has 2 aromatic carbocycles. The number of nitrogens with one attached hydrogen (secondary N) is 1. The van der Waals surface area contributed by atoms with Gasteiger partial charge in [-0.1, -0.05) is 42.5 Å². The van der Waals surface area contributed by atoms with Crippen molar-refractivity contribution in [3.05, 3.63) is 66.0 Å². The Hall–Kier alpha value is -2.29. The highest BCUT2D eigenvalue weighted by molar-refractivity contribution is 7.89. The van der Waals surface area contributed by atoms with E-state index in [0.717, 1.165) is 45.0 Å². The maximum atomic E-state index is 13.9. The molecule has 1 aliphatic heterocycles. The molecule has 0 spiro atoms. The van der Waals surface area contributed by atoms with E-state index in [1.807, 2.05) is 18.2 Å². The van der Waals surface area contributed by atoms with E-state index < -0.39 is 26.8 Å². The summed E-state index contributed by atoms with van der Waals surface area (Å²) < 4.78 is 41.2. The number of nitrogens with zero attached hydrogens (tertiary/aromatic N) is 2. The van der Waals surface area contributed by atoms with Gasteiger partial charge in [-0.2, -0.15) is 4.72 Å². The normalized spacial score (nSPS) is 16.6. The highest BCUT2D eigenvalue weighted by Crippen LogP contribution is 2.15. The molecule has 6 nitrogen and oxygen atoms in total. The van der Waals surface area contributed by atoms with E-state index in [-0.39, 0.29) is 5.91 Å². The number of benzene rings is 2. The van der Waals surface area contributed by atoms with Gasteiger partial charge in [-0.3, -0.25) is 4.79 Å². The van der Waals surface area contributed by atoms with Crippen molar-refractivity contribution in [2.45, 2.75) is 37.1 Å². The Morgan fingerprint density at radius 3 is 2.48 bits per heavy atom. The first-order valence-corrected chi connectivity index (χ1v) is 12.2. The lowest BCUT2D eigenvalue weighted by Crippen LogP contribution is -2.48. The van der Waals surface area contributed by atoms with E-state index in [2.05, 4.69) is 21.8 Å². The van der Waals surface area contributed by atoms with Crippen LogP contribution in [0.1, 0.15) is 25.3 Å². The summed E-state index contributed by atoms with van der Waals surface area (Å²) in [5, 5.41) is 0. The van der Waals surface area contributed by atoms with Gasteiger partial charge >= 0.3 is 0 Å². The topological polar surface area (TPSA) is 69.7 Å². The zero-order valence-corrected chi connectivity index (χ0v) is 18.7. The number of carbonyl (C=O) groups is 1. The third-order valence-corrected chi connectivity index (χ3v) is 7.09. The van der Waals surface area contributed by atoms with Gasteiger partial charge in [0.05, 0.1) is 6.04 Å². The molecular weight excluding hydrogens is 417 g/mol. The van der Waals surface area contributed by atoms with Gasteiger partial charge in [0, 0.05) is 19.6 Å². The monoisotopic (exact) mass is 447 g/mol. The second kappa shape index (κ2) is 10.8. The minimum Gasteiger partial charge on any atom is -0.340 e. The quantitative estimate of drug-likeness (QED) is 0.676. The first kappa shape index (κ1) is 23.4. The van der Waals surface area contributed by atoms with E-state index in [4.69, 9.17) is 0 Å². The zero-order chi connectivity index (χ0) is 22.3. The molecule has 1 amide bonds. The second-order valence-electron chi connectivity index (χ2n) is 7.88. The van der Waals surface area contributed by atoms with Crippen LogP contribution in [0.5, 0.6) is 0 Å². The average molecular weight is 448 g/mol. The molecular formula is C23H30FN3O3S. The first-order valence-electron chi connectivity index (χ1n) is 10.7. The number of amides is 1. The Kier molecular flexibility index (Phi) is 8.17. The fraction of sp³-hybridized carbons (Fsp3) is 0.435. The zero-order valence-electron chi connectivity index (χ0n) is 17.8. The van der Waals surface area contributed by atoms with E-state index in [1.165, 1.54) is 30.7 Å². The van der Waals surface area contributed by atoms with Crippen molar-refractivity contribution in [2.24, 2.45) is 0 Å². The number of aryl methyl sites for hydroxylation is 1. The maximum absolute atomic E-state index is 13.9. The van der Waals surface area contributed by atoms with Crippen LogP contribution in [0, 0.1) is 5.82 Å². The van der Waals surface area contributed by atoms with Crippen LogP contribution in [0.4, 0.5) is 4.39 Å². The smallest absolute Gasteiger partial charge is 0.244 e. The van der Waals surface area contributed by atoms with Gasteiger partial charge in [0.25, 0.3) is 0 Å². The van der Waals surface area contributed by atoms with Gasteiger partial charge < -0.3 is 9.80 Å². The summed E-state index contributed by atoms with van der Waals surface area (Å²) in [6.07, 6.45) is 2.91. The molecule has 31 heavy (non-hydrogen) atoms. The Morgan fingerprint density at radius 2 is 1.74 bits per heavy atom. The summed E-state index contributed by atoms with van der Waals surface area (Å²) >= 11 is 0. The van der Waals surface area contributed by atoms with E-state index in [9.17, 15) is 17.6 Å². The molecule has 0 aromatic heterocycles. The third-order valence-electron chi connectivity index (χ3n) is 5.51. The lowest BCUT2D eigenvalue weighted by Gasteiger charge is -2.25. The summed E-state index contributed by atoms with van der Waals surface area (Å²) in [6, 6.07) is 14.6. The van der Waals surface area contributed by atoms with Crippen molar-refractivity contribution in [1.29, 1.82) is 0 Å². The molecule has 1 saturated heterocycles. The van der Waals surface area contributed by atoms with Gasteiger partial charge in [0.1, 0.15) is 10.7 Å². The predicted molar refractivity (Wildman–Crippen MR) is 119 cm³/mol. The maximum Gasteiger partial charge on any atom is 0.244 e. The molecule has 8 heteroatoms. The largest absolute Gasteiger partial charge is 0.340 e. The highest BCUT2D eigenvalue weighted by Gasteiger charge is 2.28. The molecule has 1 heterocycles. The average Bonchev–Trinajstić information content (AvgIpc) is 2.99. The van der Waals surface area contributed by atoms with Crippen LogP contribution in [0.3, 0.4) is 0 Å². The minimum atomic E-state index is -4.12. The highest BCUT2D eigenvalue weighted by atomic mass is 32.2. The predicted octanol–water partition coefficient (Wildman–Crippen LogP) is 2.66. The lowest BCUT2D eigenvalue weighted by molar-refractivity contribution is -0.132. The molecule has 1 aliphatic rings. The van der Waals surface area contributed by atoms with Crippen LogP contribution in [0.15, 0.2) is 59.5 Å². The minimum absolute atomic E-state index is 0.286. The molecule has 1 fully saturated rings. The van der Waals surface area contributed by atoms with E-state index in [0.29, 0.717) is 13.1 Å². The number of halogens is 1. The number of hydrogen-bond acceptors (Lipinski definition) is 4. The van der Waals surface area contributed by atoms with Crippen molar-refractivity contribution in [2.75, 3.05) is 32.7 Å². The molecule has 168 valence electrons. The number of carbonyl (C=O) groups excluding carboxylic acids is 1. The van der Waals surface area contributed by atoms with Gasteiger partial charge in [0.15, 0.2) is 0 Å². The van der Waals surface area contributed by atoms with Crippen LogP contribution in [-0.2, 0) is 21.2 Å². The van der Waals surface area contributed by atoms with Gasteiger partial charge in [0.2, 0.25) is 15.9 Å². The van der Waals surface area contributed by atoms with Crippen molar-refractivity contribution in [3.63, 3.8) is 0 Å².